The normalized spacial score (nSPS) is 11.6. The lowest BCUT2D eigenvalue weighted by Gasteiger charge is -2.17. The molecule has 7 rings (SSSR count). The van der Waals surface area contributed by atoms with Crippen LogP contribution in [0.2, 0.25) is 0 Å². The number of aromatic carboxylic acids is 1. The molecule has 1 atom stereocenters. The van der Waals surface area contributed by atoms with Gasteiger partial charge in [-0.05, 0) is 129 Å². The first-order valence-corrected chi connectivity index (χ1v) is 40.1. The highest BCUT2D eigenvalue weighted by Crippen LogP contribution is 2.42. The number of nitrogens with one attached hydrogen (secondary N) is 3. The van der Waals surface area contributed by atoms with Crippen molar-refractivity contribution in [3.05, 3.63) is 128 Å². The number of Topliss-reactive ketones (excluding diaryl/α,β-unsaturated/α-hetero) is 2. The molecule has 1 aliphatic carbocycles. The number of aromatic hydroxyl groups is 1. The van der Waals surface area contributed by atoms with Crippen molar-refractivity contribution in [3.8, 4) is 28.2 Å². The number of aliphatic carboxylic acids is 1. The van der Waals surface area contributed by atoms with Gasteiger partial charge in [0, 0.05) is 105 Å². The number of ether oxygens (including phenoxy) is 15. The number of hydrogen-bond acceptors (Lipinski definition) is 30. The number of H-pyrrole nitrogens is 1. The van der Waals surface area contributed by atoms with Crippen molar-refractivity contribution in [2.24, 2.45) is 0 Å². The molecule has 0 bridgehead atoms. The number of phenolic OH excluding ortho intramolecular Hbond substituents is 1. The number of nitrogen functional groups attached to an aromatic ring is 1. The molecule has 2 aliphatic rings. The number of benzene rings is 4. The third-order valence-electron chi connectivity index (χ3n) is 17.2. The molecule has 117 heavy (non-hydrogen) atoms. The molecule has 3 aromatic carbocycles. The maximum absolute atomic E-state index is 12.8. The molecule has 34 heteroatoms. The van der Waals surface area contributed by atoms with Crippen molar-refractivity contribution in [3.63, 3.8) is 0 Å². The molecule has 5 aromatic rings. The Balaban J connectivity index is 0.000000365. The van der Waals surface area contributed by atoms with Gasteiger partial charge < -0.3 is 107 Å². The van der Waals surface area contributed by atoms with Crippen LogP contribution in [-0.4, -0.2) is 274 Å². The van der Waals surface area contributed by atoms with Crippen LogP contribution in [0.3, 0.4) is 0 Å². The second-order valence-corrected chi connectivity index (χ2v) is 26.8. The van der Waals surface area contributed by atoms with E-state index in [0.29, 0.717) is 282 Å². The average Bonchev–Trinajstić information content (AvgIpc) is 0.748. The largest absolute Gasteiger partial charge is 0.508 e. The van der Waals surface area contributed by atoms with E-state index in [1.54, 1.807) is 36.4 Å². The molecule has 0 saturated heterocycles. The Morgan fingerprint density at radius 2 is 1.01 bits per heavy atom. The van der Waals surface area contributed by atoms with Gasteiger partial charge in [0.15, 0.2) is 16.6 Å². The highest BCUT2D eigenvalue weighted by Gasteiger charge is 2.25. The fourth-order valence-electron chi connectivity index (χ4n) is 11.2. The van der Waals surface area contributed by atoms with Crippen molar-refractivity contribution in [1.29, 1.82) is 0 Å². The van der Waals surface area contributed by atoms with Crippen LogP contribution >= 0.6 is 12.2 Å². The van der Waals surface area contributed by atoms with Gasteiger partial charge in [-0.15, -0.1) is 0 Å². The number of amides is 1. The predicted molar refractivity (Wildman–Crippen MR) is 439 cm³/mol. The Hall–Kier alpha value is -8.79. The smallest absolute Gasteiger partial charge is 0.336 e. The van der Waals surface area contributed by atoms with Crippen LogP contribution < -0.4 is 27.4 Å². The Labute approximate surface area is 686 Å². The summed E-state index contributed by atoms with van der Waals surface area (Å²) in [5.74, 6) is -2.57. The topological polar surface area (TPSA) is 436 Å². The first-order valence-electron chi connectivity index (χ1n) is 39.7. The van der Waals surface area contributed by atoms with Crippen molar-refractivity contribution >= 4 is 80.3 Å². The molecule has 1 amide bonds. The molecule has 0 spiro atoms. The van der Waals surface area contributed by atoms with E-state index in [-0.39, 0.29) is 76.8 Å². The van der Waals surface area contributed by atoms with Gasteiger partial charge in [0.05, 0.1) is 189 Å². The Kier molecular flexibility index (Phi) is 49.6. The molecule has 0 radical (unpaired) electrons. The highest BCUT2D eigenvalue weighted by molar-refractivity contribution is 7.80. The van der Waals surface area contributed by atoms with Crippen LogP contribution in [0.4, 0.5) is 11.6 Å². The molecule has 33 nitrogen and oxygen atoms in total. The summed E-state index contributed by atoms with van der Waals surface area (Å²) in [6.07, 6.45) is 7.38. The number of anilines is 2. The van der Waals surface area contributed by atoms with Crippen molar-refractivity contribution < 1.29 is 115 Å². The minimum absolute atomic E-state index is 0.0117. The van der Waals surface area contributed by atoms with Gasteiger partial charge in [0.1, 0.15) is 34.7 Å². The third-order valence-corrected chi connectivity index (χ3v) is 17.6. The Bertz CT molecular complexity index is 4120. The van der Waals surface area contributed by atoms with E-state index < -0.39 is 29.4 Å². The van der Waals surface area contributed by atoms with Gasteiger partial charge in [0.25, 0.3) is 11.5 Å². The molecule has 2 aromatic heterocycles. The standard InChI is InChI=1S/C45H60O15S.C38H55N7O11/c1-2-50-12-13-52-16-17-54-20-21-56-24-25-58-28-29-59-27-26-57-23-22-55-19-18-53-15-14-51-11-3-4-37(61)30-34-5-8-38(41(31-34)45(48)49)44-39-9-6-35(46)32-42(39)60-43-33-36(47)7-10-40(43)44;1-2-52-19-20-55-18-15-31(47)8-4-6-17-54-22-24-56-23-21-53-16-5-3-7-30(46)13-14-32(37(50)51)43-35(48)27-9-11-28(12-10-27)40-25-29-26-41-34-33(42-29)36(49)45-38(39)44-34/h5-10,31-33,46H,2-4,11-30H2,1H3,(H,48,49);9-12,26,32,40H,2-8,13-25H2,1H3,(H,43,48)(H,50,51)(H3,39,41,44,45,49)/t;32-/m.0/s1. The van der Waals surface area contributed by atoms with Crippen molar-refractivity contribution in [2.45, 2.75) is 103 Å². The average molecular weight is 1660 g/mol. The van der Waals surface area contributed by atoms with E-state index in [9.17, 15) is 48.9 Å². The Morgan fingerprint density at radius 3 is 1.52 bits per heavy atom. The number of carbonyl (C=O) groups excluding carboxylic acids is 3. The van der Waals surface area contributed by atoms with E-state index >= 15 is 0 Å². The third kappa shape index (κ3) is 41.0. The first kappa shape index (κ1) is 97.0. The Morgan fingerprint density at radius 1 is 0.521 bits per heavy atom. The number of carboxylic acid groups (broad SMARTS) is 2. The maximum Gasteiger partial charge on any atom is 0.336 e. The zero-order valence-electron chi connectivity index (χ0n) is 67.1. The summed E-state index contributed by atoms with van der Waals surface area (Å²) in [4.78, 5) is 101. The molecule has 8 N–H and O–H groups in total. The molecule has 0 unspecified atom stereocenters. The van der Waals surface area contributed by atoms with Crippen LogP contribution in [0.25, 0.3) is 44.6 Å². The molecule has 1 aliphatic heterocycles. The number of carbonyl (C=O) groups is 5. The van der Waals surface area contributed by atoms with Crippen molar-refractivity contribution in [1.82, 2.24) is 25.3 Å². The minimum Gasteiger partial charge on any atom is -0.508 e. The highest BCUT2D eigenvalue weighted by atomic mass is 32.1. The lowest BCUT2D eigenvalue weighted by atomic mass is 9.89. The quantitative estimate of drug-likeness (QED) is 0.0106. The second kappa shape index (κ2) is 59.8. The number of unbranched alkanes of at least 4 members (excludes halogenated alkanes) is 2. The van der Waals surface area contributed by atoms with Crippen LogP contribution in [0.5, 0.6) is 5.75 Å². The predicted octanol–water partition coefficient (Wildman–Crippen LogP) is 8.69. The lowest BCUT2D eigenvalue weighted by Crippen LogP contribution is -2.41. The molecule has 0 saturated carbocycles. The number of thiocarbonyl (C=S) groups is 1. The van der Waals surface area contributed by atoms with E-state index in [0.717, 1.165) is 29.7 Å². The van der Waals surface area contributed by atoms with Gasteiger partial charge in [-0.1, -0.05) is 24.4 Å². The van der Waals surface area contributed by atoms with Crippen molar-refractivity contribution in [2.75, 3.05) is 209 Å². The monoisotopic (exact) mass is 1660 g/mol. The number of carboxylic acids is 2. The number of hydrogen-bond donors (Lipinski definition) is 7. The number of nitrogens with two attached hydrogens (primary N) is 1. The summed E-state index contributed by atoms with van der Waals surface area (Å²) in [5.41, 5.74) is 9.21. The van der Waals surface area contributed by atoms with Crippen LogP contribution in [0, 0.1) is 0 Å². The zero-order chi connectivity index (χ0) is 83.7. The number of rotatable bonds is 68. The van der Waals surface area contributed by atoms with Gasteiger partial charge >= 0.3 is 11.9 Å². The SMILES string of the molecule is CCOCCOCCC(=O)CCCCOCCOCCOCCCCC(=O)CC[C@H](NC(=O)c1ccc(NCc2cnc3nc(N)[nH]c(=O)c3n2)cc1)C(=O)O.CCOCCOCCOCCOCCOCCOCCOCCOCCOCCOCCCC(=S)Cc1ccc(-c2c3ccc(=O)cc-3oc3cc(O)ccc23)c(C(=O)O)c1. The zero-order valence-corrected chi connectivity index (χ0v) is 67.9. The number of fused-ring (bicyclic) bond motifs is 3. The summed E-state index contributed by atoms with van der Waals surface area (Å²) < 4.78 is 87.8. The summed E-state index contributed by atoms with van der Waals surface area (Å²) in [6.45, 7) is 19.2. The van der Waals surface area contributed by atoms with Crippen LogP contribution in [-0.2, 0) is 98.4 Å². The summed E-state index contributed by atoms with van der Waals surface area (Å²) in [7, 11) is 0. The second-order valence-electron chi connectivity index (χ2n) is 26.2. The molecular formula is C83H115N7O26S. The summed E-state index contributed by atoms with van der Waals surface area (Å²) >= 11 is 5.64. The molecule has 3 heterocycles. The van der Waals surface area contributed by atoms with E-state index in [4.69, 9.17) is 93.4 Å². The number of phenols is 1. The number of aromatic nitrogens is 4. The van der Waals surface area contributed by atoms with Crippen LogP contribution in [0.1, 0.15) is 116 Å². The lowest BCUT2D eigenvalue weighted by molar-refractivity contribution is -0.139. The van der Waals surface area contributed by atoms with Gasteiger partial charge in [0.2, 0.25) is 5.95 Å². The van der Waals surface area contributed by atoms with E-state index in [2.05, 4.69) is 30.6 Å². The molecule has 644 valence electrons. The number of ketones is 2. The molecule has 0 fully saturated rings. The summed E-state index contributed by atoms with van der Waals surface area (Å²) in [5, 5.41) is 36.2. The van der Waals surface area contributed by atoms with Gasteiger partial charge in [-0.3, -0.25) is 29.0 Å². The summed E-state index contributed by atoms with van der Waals surface area (Å²) in [6, 6.07) is 19.4. The number of nitrogens with zero attached hydrogens (tertiary/aromatic N) is 3. The fraction of sp³-hybridized carbons (Fsp3) is 0.554. The maximum atomic E-state index is 12.8. The van der Waals surface area contributed by atoms with Crippen LogP contribution in [0.15, 0.2) is 99.1 Å². The first-order chi connectivity index (χ1) is 57.0. The number of aromatic amines is 1. The fourth-order valence-corrected chi connectivity index (χ4v) is 11.6. The van der Waals surface area contributed by atoms with E-state index in [1.807, 2.05) is 19.9 Å². The minimum atomic E-state index is -1.23. The van der Waals surface area contributed by atoms with Gasteiger partial charge in [-0.2, -0.15) is 4.98 Å². The molecular weight excluding hydrogens is 1540 g/mol. The van der Waals surface area contributed by atoms with Gasteiger partial charge in [-0.25, -0.2) is 19.6 Å². The van der Waals surface area contributed by atoms with E-state index in [1.165, 1.54) is 42.6 Å².